The zero-order chi connectivity index (χ0) is 10.6. The van der Waals surface area contributed by atoms with E-state index in [4.69, 9.17) is 22.1 Å². The lowest BCUT2D eigenvalue weighted by Gasteiger charge is -2.09. The second kappa shape index (κ2) is 6.61. The summed E-state index contributed by atoms with van der Waals surface area (Å²) in [6.07, 6.45) is 0. The number of aromatic nitrogens is 1. The number of carbonyl (C=O) groups is 1. The summed E-state index contributed by atoms with van der Waals surface area (Å²) in [6.45, 7) is 2.02. The Kier molecular flexibility index (Phi) is 6.24. The van der Waals surface area contributed by atoms with Gasteiger partial charge in [0, 0.05) is 0 Å². The molecule has 15 heavy (non-hydrogen) atoms. The number of hydrogen-bond donors (Lipinski definition) is 1. The molecule has 0 aliphatic rings. The molecule has 0 saturated heterocycles. The Labute approximate surface area is 99.2 Å². The van der Waals surface area contributed by atoms with Crippen LogP contribution in [0.5, 0.6) is 0 Å². The standard InChI is InChI=1S/C9H11ClN2O2.ClH/c1-2-14-9(13)8(11)6-4-3-5-7(10)12-6;/h3-5,8H,2,11H2,1H3;1H. The van der Waals surface area contributed by atoms with E-state index in [1.165, 1.54) is 0 Å². The van der Waals surface area contributed by atoms with E-state index in [1.54, 1.807) is 25.1 Å². The summed E-state index contributed by atoms with van der Waals surface area (Å²) >= 11 is 5.65. The normalized spacial score (nSPS) is 11.4. The Morgan fingerprint density at radius 2 is 2.33 bits per heavy atom. The van der Waals surface area contributed by atoms with E-state index >= 15 is 0 Å². The summed E-state index contributed by atoms with van der Waals surface area (Å²) in [5, 5.41) is 0.308. The highest BCUT2D eigenvalue weighted by atomic mass is 35.5. The molecule has 6 heteroatoms. The van der Waals surface area contributed by atoms with Crippen molar-refractivity contribution in [3.8, 4) is 0 Å². The summed E-state index contributed by atoms with van der Waals surface area (Å²) in [4.78, 5) is 15.1. The molecular weight excluding hydrogens is 239 g/mol. The van der Waals surface area contributed by atoms with E-state index in [0.29, 0.717) is 17.5 Å². The zero-order valence-corrected chi connectivity index (χ0v) is 9.72. The fraction of sp³-hybridized carbons (Fsp3) is 0.333. The summed E-state index contributed by atoms with van der Waals surface area (Å²) in [5.41, 5.74) is 6.01. The largest absolute Gasteiger partial charge is 0.465 e. The average molecular weight is 251 g/mol. The van der Waals surface area contributed by atoms with Crippen LogP contribution in [0.3, 0.4) is 0 Å². The SMILES string of the molecule is CCOC(=O)C(N)c1cccc(Cl)n1.Cl. The number of hydrogen-bond acceptors (Lipinski definition) is 4. The lowest BCUT2D eigenvalue weighted by Crippen LogP contribution is -2.24. The van der Waals surface area contributed by atoms with Crippen molar-refractivity contribution < 1.29 is 9.53 Å². The maximum Gasteiger partial charge on any atom is 0.329 e. The molecule has 0 aromatic carbocycles. The van der Waals surface area contributed by atoms with Gasteiger partial charge in [0.1, 0.15) is 11.2 Å². The molecule has 1 atom stereocenters. The number of pyridine rings is 1. The predicted octanol–water partition coefficient (Wildman–Crippen LogP) is 1.72. The summed E-state index contributed by atoms with van der Waals surface area (Å²) < 4.78 is 4.75. The first-order chi connectivity index (χ1) is 6.65. The highest BCUT2D eigenvalue weighted by Crippen LogP contribution is 2.12. The molecule has 0 spiro atoms. The molecule has 0 amide bonds. The van der Waals surface area contributed by atoms with Gasteiger partial charge in [-0.25, -0.2) is 9.78 Å². The van der Waals surface area contributed by atoms with Crippen LogP contribution >= 0.6 is 24.0 Å². The van der Waals surface area contributed by atoms with Gasteiger partial charge in [-0.3, -0.25) is 0 Å². The number of halogens is 2. The Morgan fingerprint density at radius 3 is 2.87 bits per heavy atom. The number of rotatable bonds is 3. The smallest absolute Gasteiger partial charge is 0.329 e. The van der Waals surface area contributed by atoms with Crippen LogP contribution in [0, 0.1) is 0 Å². The van der Waals surface area contributed by atoms with Crippen molar-refractivity contribution in [3.05, 3.63) is 29.0 Å². The van der Waals surface area contributed by atoms with Crippen LogP contribution in [-0.2, 0) is 9.53 Å². The van der Waals surface area contributed by atoms with E-state index in [2.05, 4.69) is 4.98 Å². The van der Waals surface area contributed by atoms with Crippen LogP contribution in [0.1, 0.15) is 18.7 Å². The van der Waals surface area contributed by atoms with Crippen molar-refractivity contribution in [1.29, 1.82) is 0 Å². The molecule has 1 unspecified atom stereocenters. The fourth-order valence-electron chi connectivity index (χ4n) is 0.950. The lowest BCUT2D eigenvalue weighted by atomic mass is 10.2. The second-order valence-electron chi connectivity index (χ2n) is 2.61. The molecule has 0 aliphatic carbocycles. The minimum Gasteiger partial charge on any atom is -0.465 e. The molecule has 1 aromatic rings. The third-order valence-electron chi connectivity index (χ3n) is 1.60. The minimum absolute atomic E-state index is 0. The average Bonchev–Trinajstić information content (AvgIpc) is 2.17. The zero-order valence-electron chi connectivity index (χ0n) is 8.14. The number of esters is 1. The van der Waals surface area contributed by atoms with Gasteiger partial charge in [-0.1, -0.05) is 17.7 Å². The molecule has 1 aromatic heterocycles. The summed E-state index contributed by atoms with van der Waals surface area (Å²) in [6, 6.07) is 4.06. The number of ether oxygens (including phenoxy) is 1. The van der Waals surface area contributed by atoms with Crippen molar-refractivity contribution >= 4 is 30.0 Å². The molecule has 84 valence electrons. The van der Waals surface area contributed by atoms with E-state index in [0.717, 1.165) is 0 Å². The Balaban J connectivity index is 0.00000196. The molecule has 0 fully saturated rings. The number of carbonyl (C=O) groups excluding carboxylic acids is 1. The molecule has 0 bridgehead atoms. The minimum atomic E-state index is -0.867. The first-order valence-corrected chi connectivity index (χ1v) is 4.57. The van der Waals surface area contributed by atoms with E-state index in [-0.39, 0.29) is 12.4 Å². The van der Waals surface area contributed by atoms with Crippen LogP contribution in [0.25, 0.3) is 0 Å². The van der Waals surface area contributed by atoms with Crippen LogP contribution in [0.4, 0.5) is 0 Å². The number of nitrogens with zero attached hydrogens (tertiary/aromatic N) is 1. The van der Waals surface area contributed by atoms with Crippen molar-refractivity contribution in [1.82, 2.24) is 4.98 Å². The second-order valence-corrected chi connectivity index (χ2v) is 3.00. The summed E-state index contributed by atoms with van der Waals surface area (Å²) in [5.74, 6) is -0.498. The van der Waals surface area contributed by atoms with Gasteiger partial charge in [-0.15, -0.1) is 12.4 Å². The third kappa shape index (κ3) is 4.03. The van der Waals surface area contributed by atoms with E-state index < -0.39 is 12.0 Å². The molecule has 1 heterocycles. The van der Waals surface area contributed by atoms with Gasteiger partial charge in [-0.05, 0) is 19.1 Å². The highest BCUT2D eigenvalue weighted by molar-refractivity contribution is 6.29. The third-order valence-corrected chi connectivity index (χ3v) is 1.81. The molecule has 0 saturated carbocycles. The van der Waals surface area contributed by atoms with Crippen LogP contribution in [0.15, 0.2) is 18.2 Å². The van der Waals surface area contributed by atoms with Crippen LogP contribution < -0.4 is 5.73 Å². The Bertz CT molecular complexity index is 334. The van der Waals surface area contributed by atoms with Crippen molar-refractivity contribution in [3.63, 3.8) is 0 Å². The fourth-order valence-corrected chi connectivity index (χ4v) is 1.12. The van der Waals surface area contributed by atoms with E-state index in [1.807, 2.05) is 0 Å². The van der Waals surface area contributed by atoms with E-state index in [9.17, 15) is 4.79 Å². The Hall–Kier alpha value is -0.840. The quantitative estimate of drug-likeness (QED) is 0.656. The van der Waals surface area contributed by atoms with Gasteiger partial charge in [0.2, 0.25) is 0 Å². The first-order valence-electron chi connectivity index (χ1n) is 4.19. The predicted molar refractivity (Wildman–Crippen MR) is 60.1 cm³/mol. The van der Waals surface area contributed by atoms with Gasteiger partial charge in [0.15, 0.2) is 0 Å². The summed E-state index contributed by atoms with van der Waals surface area (Å²) in [7, 11) is 0. The molecule has 4 nitrogen and oxygen atoms in total. The maximum absolute atomic E-state index is 11.2. The molecule has 1 rings (SSSR count). The van der Waals surface area contributed by atoms with Crippen molar-refractivity contribution in [2.24, 2.45) is 5.73 Å². The molecule has 0 radical (unpaired) electrons. The van der Waals surface area contributed by atoms with Gasteiger partial charge >= 0.3 is 5.97 Å². The Morgan fingerprint density at radius 1 is 1.67 bits per heavy atom. The van der Waals surface area contributed by atoms with Gasteiger partial charge in [0.25, 0.3) is 0 Å². The maximum atomic E-state index is 11.2. The lowest BCUT2D eigenvalue weighted by molar-refractivity contribution is -0.144. The highest BCUT2D eigenvalue weighted by Gasteiger charge is 2.18. The van der Waals surface area contributed by atoms with Crippen LogP contribution in [-0.4, -0.2) is 17.6 Å². The number of nitrogens with two attached hydrogens (primary N) is 1. The molecule has 2 N–H and O–H groups in total. The van der Waals surface area contributed by atoms with Gasteiger partial charge < -0.3 is 10.5 Å². The monoisotopic (exact) mass is 250 g/mol. The molecular formula is C9H12Cl2N2O2. The topological polar surface area (TPSA) is 65.2 Å². The van der Waals surface area contributed by atoms with Crippen LogP contribution in [0.2, 0.25) is 5.15 Å². The van der Waals surface area contributed by atoms with Crippen molar-refractivity contribution in [2.45, 2.75) is 13.0 Å². The molecule has 0 aliphatic heterocycles. The van der Waals surface area contributed by atoms with Gasteiger partial charge in [0.05, 0.1) is 12.3 Å². The first kappa shape index (κ1) is 14.2. The van der Waals surface area contributed by atoms with Crippen molar-refractivity contribution in [2.75, 3.05) is 6.61 Å². The van der Waals surface area contributed by atoms with Gasteiger partial charge in [-0.2, -0.15) is 0 Å².